The van der Waals surface area contributed by atoms with E-state index in [0.29, 0.717) is 48.5 Å². The highest BCUT2D eigenvalue weighted by molar-refractivity contribution is 5.97. The van der Waals surface area contributed by atoms with Crippen LogP contribution in [0.3, 0.4) is 0 Å². The van der Waals surface area contributed by atoms with Crippen LogP contribution in [-0.4, -0.2) is 57.7 Å². The summed E-state index contributed by atoms with van der Waals surface area (Å²) in [5, 5.41) is 5.18. The number of ketones is 1. The number of hydrogen-bond donors (Lipinski definition) is 0. The molecule has 39 heavy (non-hydrogen) atoms. The highest BCUT2D eigenvalue weighted by Gasteiger charge is 2.33. The number of morpholine rings is 1. The highest BCUT2D eigenvalue weighted by atomic mass is 19.4. The van der Waals surface area contributed by atoms with Crippen molar-refractivity contribution in [1.29, 1.82) is 0 Å². The maximum atomic E-state index is 13.1. The molecule has 1 saturated heterocycles. The molecule has 0 spiro atoms. The van der Waals surface area contributed by atoms with Gasteiger partial charge in [-0.05, 0) is 23.8 Å². The second kappa shape index (κ2) is 11.2. The summed E-state index contributed by atoms with van der Waals surface area (Å²) in [6.07, 6.45) is -3.19. The second-order valence-corrected chi connectivity index (χ2v) is 9.12. The highest BCUT2D eigenvalue weighted by Crippen LogP contribution is 2.30. The zero-order valence-electron chi connectivity index (χ0n) is 20.9. The van der Waals surface area contributed by atoms with Crippen LogP contribution < -0.4 is 4.74 Å². The molecule has 1 aliphatic heterocycles. The van der Waals surface area contributed by atoms with Gasteiger partial charge in [-0.15, -0.1) is 0 Å². The molecule has 3 heterocycles. The first kappa shape index (κ1) is 26.4. The molecule has 0 unspecified atom stereocenters. The molecular formula is C28H25F3N4O4. The third-order valence-electron chi connectivity index (χ3n) is 6.31. The number of amides is 1. The lowest BCUT2D eigenvalue weighted by Crippen LogP contribution is -2.42. The summed E-state index contributed by atoms with van der Waals surface area (Å²) in [7, 11) is 0. The zero-order chi connectivity index (χ0) is 27.4. The van der Waals surface area contributed by atoms with Crippen LogP contribution in [-0.2, 0) is 35.3 Å². The molecule has 2 aromatic heterocycles. The van der Waals surface area contributed by atoms with Crippen LogP contribution in [0.4, 0.5) is 13.2 Å². The largest absolute Gasteiger partial charge is 0.489 e. The minimum absolute atomic E-state index is 0.0390. The summed E-state index contributed by atoms with van der Waals surface area (Å²) >= 11 is 0. The minimum atomic E-state index is -4.66. The number of carbonyl (C=O) groups is 2. The van der Waals surface area contributed by atoms with Crippen molar-refractivity contribution in [2.24, 2.45) is 0 Å². The van der Waals surface area contributed by atoms with Gasteiger partial charge in [-0.2, -0.15) is 18.3 Å². The first-order chi connectivity index (χ1) is 18.8. The molecule has 1 aliphatic rings. The summed E-state index contributed by atoms with van der Waals surface area (Å²) in [5.74, 6) is -0.297. The van der Waals surface area contributed by atoms with Gasteiger partial charge >= 0.3 is 6.18 Å². The van der Waals surface area contributed by atoms with Gasteiger partial charge < -0.3 is 14.4 Å². The van der Waals surface area contributed by atoms with E-state index in [9.17, 15) is 22.8 Å². The number of hydrogen-bond acceptors (Lipinski definition) is 6. The zero-order valence-corrected chi connectivity index (χ0v) is 20.9. The summed E-state index contributed by atoms with van der Waals surface area (Å²) in [6, 6.07) is 16.0. The van der Waals surface area contributed by atoms with E-state index >= 15 is 0 Å². The van der Waals surface area contributed by atoms with Crippen molar-refractivity contribution in [3.05, 3.63) is 89.4 Å². The average molecular weight is 539 g/mol. The predicted octanol–water partition coefficient (Wildman–Crippen LogP) is 4.31. The van der Waals surface area contributed by atoms with Crippen molar-refractivity contribution in [3.8, 4) is 5.75 Å². The van der Waals surface area contributed by atoms with Gasteiger partial charge in [0.25, 0.3) is 0 Å². The van der Waals surface area contributed by atoms with E-state index < -0.39 is 17.7 Å². The Morgan fingerprint density at radius 1 is 1.00 bits per heavy atom. The minimum Gasteiger partial charge on any atom is -0.489 e. The van der Waals surface area contributed by atoms with E-state index in [1.165, 1.54) is 10.7 Å². The SMILES string of the molecule is O=C(Cc1cc2cn(CC(=O)N3CCOCC3)nc2cc1OCc1ccccc1)c1cccc(C(F)(F)F)n1. The van der Waals surface area contributed by atoms with Crippen LogP contribution in [0.2, 0.25) is 0 Å². The molecule has 4 aromatic rings. The molecule has 11 heteroatoms. The fourth-order valence-corrected chi connectivity index (χ4v) is 4.30. The standard InChI is InChI=1S/C28H25F3N4O4/c29-28(30,31)26-8-4-7-22(32-26)24(36)14-20-13-21-16-35(17-27(37)34-9-11-38-12-10-34)33-23(21)15-25(20)39-18-19-5-2-1-3-6-19/h1-8,13,15-16H,9-12,14,17-18H2. The van der Waals surface area contributed by atoms with Gasteiger partial charge in [0, 0.05) is 42.7 Å². The van der Waals surface area contributed by atoms with E-state index in [0.717, 1.165) is 17.7 Å². The van der Waals surface area contributed by atoms with Crippen molar-refractivity contribution < 1.29 is 32.2 Å². The van der Waals surface area contributed by atoms with Crippen molar-refractivity contribution in [3.63, 3.8) is 0 Å². The molecule has 8 nitrogen and oxygen atoms in total. The van der Waals surface area contributed by atoms with Gasteiger partial charge in [0.05, 0.1) is 18.7 Å². The predicted molar refractivity (Wildman–Crippen MR) is 135 cm³/mol. The number of Topliss-reactive ketones (excluding diaryl/α,β-unsaturated/α-hetero) is 1. The van der Waals surface area contributed by atoms with Gasteiger partial charge in [0.15, 0.2) is 5.78 Å². The molecule has 0 saturated carbocycles. The third kappa shape index (κ3) is 6.43. The maximum absolute atomic E-state index is 13.1. The number of pyridine rings is 1. The van der Waals surface area contributed by atoms with Crippen LogP contribution in [0, 0.1) is 0 Å². The smallest absolute Gasteiger partial charge is 0.433 e. The van der Waals surface area contributed by atoms with Crippen molar-refractivity contribution in [2.75, 3.05) is 26.3 Å². The first-order valence-corrected chi connectivity index (χ1v) is 12.4. The number of nitrogens with zero attached hydrogens (tertiary/aromatic N) is 4. The van der Waals surface area contributed by atoms with Crippen LogP contribution in [0.15, 0.2) is 66.9 Å². The lowest BCUT2D eigenvalue weighted by atomic mass is 10.0. The summed E-state index contributed by atoms with van der Waals surface area (Å²) in [5.41, 5.74) is 0.514. The molecule has 0 bridgehead atoms. The Kier molecular flexibility index (Phi) is 7.60. The van der Waals surface area contributed by atoms with E-state index in [2.05, 4.69) is 10.1 Å². The van der Waals surface area contributed by atoms with Gasteiger partial charge in [-0.3, -0.25) is 14.3 Å². The topological polar surface area (TPSA) is 86.6 Å². The van der Waals surface area contributed by atoms with E-state index in [4.69, 9.17) is 9.47 Å². The summed E-state index contributed by atoms with van der Waals surface area (Å²) < 4.78 is 52.3. The van der Waals surface area contributed by atoms with Crippen LogP contribution in [0.1, 0.15) is 27.3 Å². The van der Waals surface area contributed by atoms with Gasteiger partial charge in [-0.1, -0.05) is 36.4 Å². The van der Waals surface area contributed by atoms with Crippen molar-refractivity contribution in [1.82, 2.24) is 19.7 Å². The molecule has 0 aliphatic carbocycles. The quantitative estimate of drug-likeness (QED) is 0.311. The first-order valence-electron chi connectivity index (χ1n) is 12.4. The Hall–Kier alpha value is -4.25. The number of ether oxygens (including phenoxy) is 2. The number of alkyl halides is 3. The number of rotatable bonds is 8. The normalized spacial score (nSPS) is 14.0. The molecule has 1 amide bonds. The van der Waals surface area contributed by atoms with Crippen LogP contribution >= 0.6 is 0 Å². The molecule has 5 rings (SSSR count). The fourth-order valence-electron chi connectivity index (χ4n) is 4.30. The molecule has 0 N–H and O–H groups in total. The Morgan fingerprint density at radius 3 is 2.51 bits per heavy atom. The van der Waals surface area contributed by atoms with Crippen molar-refractivity contribution in [2.45, 2.75) is 25.7 Å². The van der Waals surface area contributed by atoms with E-state index in [-0.39, 0.29) is 31.2 Å². The van der Waals surface area contributed by atoms with E-state index in [1.807, 2.05) is 30.3 Å². The van der Waals surface area contributed by atoms with Gasteiger partial charge in [-0.25, -0.2) is 4.98 Å². The van der Waals surface area contributed by atoms with Crippen LogP contribution in [0.25, 0.3) is 10.9 Å². The summed E-state index contributed by atoms with van der Waals surface area (Å²) in [4.78, 5) is 30.9. The Bertz CT molecular complexity index is 1480. The number of aromatic nitrogens is 3. The molecular weight excluding hydrogens is 513 g/mol. The molecule has 1 fully saturated rings. The third-order valence-corrected chi connectivity index (χ3v) is 6.31. The summed E-state index contributed by atoms with van der Waals surface area (Å²) in [6.45, 7) is 2.28. The van der Waals surface area contributed by atoms with Gasteiger partial charge in [0.2, 0.25) is 5.91 Å². The second-order valence-electron chi connectivity index (χ2n) is 9.12. The maximum Gasteiger partial charge on any atom is 0.433 e. The average Bonchev–Trinajstić information content (AvgIpc) is 3.33. The van der Waals surface area contributed by atoms with Crippen LogP contribution in [0.5, 0.6) is 5.75 Å². The molecule has 0 radical (unpaired) electrons. The molecule has 0 atom stereocenters. The Morgan fingerprint density at radius 2 is 1.77 bits per heavy atom. The van der Waals surface area contributed by atoms with Gasteiger partial charge in [0.1, 0.15) is 30.3 Å². The molecule has 202 valence electrons. The molecule has 2 aromatic carbocycles. The number of benzene rings is 2. The van der Waals surface area contributed by atoms with Crippen molar-refractivity contribution >= 4 is 22.6 Å². The number of halogens is 3. The number of carbonyl (C=O) groups excluding carboxylic acids is 2. The fraction of sp³-hybridized carbons (Fsp3) is 0.286. The lowest BCUT2D eigenvalue weighted by molar-refractivity contribution is -0.141. The Balaban J connectivity index is 1.42. The number of fused-ring (bicyclic) bond motifs is 1. The lowest BCUT2D eigenvalue weighted by Gasteiger charge is -2.26. The Labute approximate surface area is 222 Å². The monoisotopic (exact) mass is 538 g/mol. The van der Waals surface area contributed by atoms with E-state index in [1.54, 1.807) is 23.2 Å².